The number of rotatable bonds is 10. The Morgan fingerprint density at radius 2 is 1.89 bits per heavy atom. The first-order valence-corrected chi connectivity index (χ1v) is 10.5. The van der Waals surface area contributed by atoms with Gasteiger partial charge in [-0.2, -0.15) is 0 Å². The third-order valence-corrected chi connectivity index (χ3v) is 4.81. The first kappa shape index (κ1) is 22.0. The van der Waals surface area contributed by atoms with Crippen molar-refractivity contribution in [2.45, 2.75) is 40.0 Å². The van der Waals surface area contributed by atoms with Gasteiger partial charge in [0.2, 0.25) is 5.91 Å². The minimum absolute atomic E-state index is 0.189. The van der Waals surface area contributed by atoms with Gasteiger partial charge in [0.15, 0.2) is 11.5 Å². The van der Waals surface area contributed by atoms with E-state index in [2.05, 4.69) is 35.1 Å². The molecular formula is C23H28BrNO3. The van der Waals surface area contributed by atoms with Gasteiger partial charge in [0.1, 0.15) is 0 Å². The van der Waals surface area contributed by atoms with Crippen molar-refractivity contribution in [2.24, 2.45) is 0 Å². The first-order chi connectivity index (χ1) is 13.6. The molecule has 0 heterocycles. The molecule has 0 atom stereocenters. The second-order valence-corrected chi connectivity index (χ2v) is 7.19. The van der Waals surface area contributed by atoms with Gasteiger partial charge in [-0.3, -0.25) is 4.79 Å². The predicted molar refractivity (Wildman–Crippen MR) is 119 cm³/mol. The van der Waals surface area contributed by atoms with Crippen molar-refractivity contribution in [1.82, 2.24) is 0 Å². The lowest BCUT2D eigenvalue weighted by Crippen LogP contribution is -2.08. The third-order valence-electron chi connectivity index (χ3n) is 4.15. The Kier molecular flexibility index (Phi) is 9.08. The van der Waals surface area contributed by atoms with Crippen LogP contribution in [0.3, 0.4) is 0 Å². The summed E-state index contributed by atoms with van der Waals surface area (Å²) in [7, 11) is 0. The number of nitrogens with one attached hydrogen (secondary N) is 1. The van der Waals surface area contributed by atoms with Crippen LogP contribution < -0.4 is 14.8 Å². The van der Waals surface area contributed by atoms with E-state index >= 15 is 0 Å². The van der Waals surface area contributed by atoms with E-state index in [9.17, 15) is 4.79 Å². The van der Waals surface area contributed by atoms with Gasteiger partial charge < -0.3 is 14.8 Å². The largest absolute Gasteiger partial charge is 0.490 e. The Hall–Kier alpha value is -2.27. The van der Waals surface area contributed by atoms with Crippen LogP contribution in [-0.4, -0.2) is 19.1 Å². The third kappa shape index (κ3) is 6.71. The fourth-order valence-electron chi connectivity index (χ4n) is 2.57. The van der Waals surface area contributed by atoms with Crippen molar-refractivity contribution in [2.75, 3.05) is 18.5 Å². The molecule has 0 radical (unpaired) electrons. The Morgan fingerprint density at radius 3 is 2.57 bits per heavy atom. The van der Waals surface area contributed by atoms with Crippen molar-refractivity contribution in [3.63, 3.8) is 0 Å². The molecule has 0 unspecified atom stereocenters. The van der Waals surface area contributed by atoms with E-state index in [0.29, 0.717) is 19.0 Å². The molecule has 0 aliphatic rings. The highest BCUT2D eigenvalue weighted by atomic mass is 79.9. The van der Waals surface area contributed by atoms with Crippen LogP contribution in [-0.2, 0) is 11.2 Å². The summed E-state index contributed by atoms with van der Waals surface area (Å²) in [5, 5.41) is 2.89. The molecule has 5 heteroatoms. The summed E-state index contributed by atoms with van der Waals surface area (Å²) in [4.78, 5) is 12.3. The molecule has 2 aromatic rings. The quantitative estimate of drug-likeness (QED) is 0.347. The zero-order valence-corrected chi connectivity index (χ0v) is 18.3. The zero-order chi connectivity index (χ0) is 20.4. The normalized spacial score (nSPS) is 10.9. The van der Waals surface area contributed by atoms with Crippen molar-refractivity contribution in [3.8, 4) is 11.5 Å². The smallest absolute Gasteiger partial charge is 0.248 e. The zero-order valence-electron chi connectivity index (χ0n) is 16.8. The van der Waals surface area contributed by atoms with Gasteiger partial charge in [0.25, 0.3) is 0 Å². The molecule has 0 aliphatic carbocycles. The Morgan fingerprint density at radius 1 is 1.07 bits per heavy atom. The van der Waals surface area contributed by atoms with Crippen LogP contribution in [0.15, 0.2) is 46.9 Å². The fraction of sp³-hybridized carbons (Fsp3) is 0.348. The van der Waals surface area contributed by atoms with Crippen LogP contribution in [0.5, 0.6) is 11.5 Å². The lowest BCUT2D eigenvalue weighted by molar-refractivity contribution is -0.111. The van der Waals surface area contributed by atoms with Crippen LogP contribution in [0, 0.1) is 0 Å². The van der Waals surface area contributed by atoms with E-state index < -0.39 is 0 Å². The lowest BCUT2D eigenvalue weighted by Gasteiger charge is -2.12. The van der Waals surface area contributed by atoms with Crippen LogP contribution >= 0.6 is 15.9 Å². The second kappa shape index (κ2) is 11.5. The van der Waals surface area contributed by atoms with Gasteiger partial charge in [-0.15, -0.1) is 0 Å². The number of anilines is 1. The van der Waals surface area contributed by atoms with Gasteiger partial charge in [-0.25, -0.2) is 0 Å². The molecule has 0 spiro atoms. The van der Waals surface area contributed by atoms with E-state index in [1.54, 1.807) is 6.08 Å². The average molecular weight is 446 g/mol. The highest BCUT2D eigenvalue weighted by molar-refractivity contribution is 9.10. The Bertz CT molecular complexity index is 817. The van der Waals surface area contributed by atoms with Crippen molar-refractivity contribution < 1.29 is 14.3 Å². The number of ether oxygens (including phenoxy) is 2. The van der Waals surface area contributed by atoms with Gasteiger partial charge in [0.05, 0.1) is 18.9 Å². The summed E-state index contributed by atoms with van der Waals surface area (Å²) in [6, 6.07) is 11.6. The van der Waals surface area contributed by atoms with Crippen LogP contribution in [0.4, 0.5) is 5.69 Å². The van der Waals surface area contributed by atoms with E-state index in [4.69, 9.17) is 9.47 Å². The molecule has 2 aromatic carbocycles. The standard InChI is InChI=1S/C23H28BrNO3/c1-4-7-14-28-21-12-9-18(16-22(21)27-6-3)10-13-23(26)25-20-11-8-17(5-2)15-19(20)24/h8-13,15-16H,4-7,14H2,1-3H3,(H,25,26)/b13-10+. The molecule has 4 nitrogen and oxygen atoms in total. The van der Waals surface area contributed by atoms with E-state index in [-0.39, 0.29) is 5.91 Å². The monoisotopic (exact) mass is 445 g/mol. The van der Waals surface area contributed by atoms with Crippen molar-refractivity contribution >= 4 is 33.6 Å². The molecule has 0 saturated carbocycles. The predicted octanol–water partition coefficient (Wildman–Crippen LogP) is 6.24. The molecule has 0 bridgehead atoms. The summed E-state index contributed by atoms with van der Waals surface area (Å²) >= 11 is 3.50. The summed E-state index contributed by atoms with van der Waals surface area (Å²) in [5.41, 5.74) is 2.84. The molecule has 150 valence electrons. The second-order valence-electron chi connectivity index (χ2n) is 6.33. The van der Waals surface area contributed by atoms with Gasteiger partial charge in [-0.05, 0) is 77.2 Å². The van der Waals surface area contributed by atoms with Gasteiger partial charge in [0, 0.05) is 10.5 Å². The highest BCUT2D eigenvalue weighted by Crippen LogP contribution is 2.29. The van der Waals surface area contributed by atoms with E-state index in [1.807, 2.05) is 43.3 Å². The van der Waals surface area contributed by atoms with E-state index in [1.165, 1.54) is 11.6 Å². The minimum Gasteiger partial charge on any atom is -0.490 e. The molecule has 1 amide bonds. The number of carbonyl (C=O) groups is 1. The molecule has 0 fully saturated rings. The molecule has 2 rings (SSSR count). The molecule has 28 heavy (non-hydrogen) atoms. The van der Waals surface area contributed by atoms with Crippen LogP contribution in [0.25, 0.3) is 6.08 Å². The lowest BCUT2D eigenvalue weighted by atomic mass is 10.1. The average Bonchev–Trinajstić information content (AvgIpc) is 2.69. The maximum absolute atomic E-state index is 12.3. The number of hydrogen-bond acceptors (Lipinski definition) is 3. The molecule has 1 N–H and O–H groups in total. The first-order valence-electron chi connectivity index (χ1n) is 9.74. The van der Waals surface area contributed by atoms with E-state index in [0.717, 1.165) is 40.7 Å². The summed E-state index contributed by atoms with van der Waals surface area (Å²) in [5.74, 6) is 1.24. The van der Waals surface area contributed by atoms with Gasteiger partial charge in [-0.1, -0.05) is 32.4 Å². The minimum atomic E-state index is -0.189. The maximum Gasteiger partial charge on any atom is 0.248 e. The number of benzene rings is 2. The Balaban J connectivity index is 2.05. The van der Waals surface area contributed by atoms with Gasteiger partial charge >= 0.3 is 0 Å². The van der Waals surface area contributed by atoms with Crippen LogP contribution in [0.2, 0.25) is 0 Å². The Labute approximate surface area is 176 Å². The summed E-state index contributed by atoms with van der Waals surface area (Å²) in [6.07, 6.45) is 6.32. The number of carbonyl (C=O) groups excluding carboxylic acids is 1. The van der Waals surface area contributed by atoms with Crippen molar-refractivity contribution in [3.05, 3.63) is 58.1 Å². The number of hydrogen-bond donors (Lipinski definition) is 1. The number of amides is 1. The number of halogens is 1. The fourth-order valence-corrected chi connectivity index (χ4v) is 3.09. The highest BCUT2D eigenvalue weighted by Gasteiger charge is 2.07. The summed E-state index contributed by atoms with van der Waals surface area (Å²) in [6.45, 7) is 7.38. The maximum atomic E-state index is 12.3. The van der Waals surface area contributed by atoms with Crippen LogP contribution in [0.1, 0.15) is 44.7 Å². The topological polar surface area (TPSA) is 47.6 Å². The number of unbranched alkanes of at least 4 members (excludes halogenated alkanes) is 1. The SMILES string of the molecule is CCCCOc1ccc(/C=C/C(=O)Nc2ccc(CC)cc2Br)cc1OCC. The number of aryl methyl sites for hydroxylation is 1. The molecular weight excluding hydrogens is 418 g/mol. The van der Waals surface area contributed by atoms with Crippen molar-refractivity contribution in [1.29, 1.82) is 0 Å². The summed E-state index contributed by atoms with van der Waals surface area (Å²) < 4.78 is 12.3. The molecule has 0 aromatic heterocycles. The molecule has 0 saturated heterocycles. The molecule has 0 aliphatic heterocycles.